The zero-order valence-corrected chi connectivity index (χ0v) is 12.5. The topological polar surface area (TPSA) is 67.4 Å². The molecule has 0 spiro atoms. The highest BCUT2D eigenvalue weighted by atomic mass is 16.5. The van der Waals surface area contributed by atoms with Gasteiger partial charge in [0.1, 0.15) is 17.5 Å². The van der Waals surface area contributed by atoms with E-state index in [1.54, 1.807) is 31.2 Å². The van der Waals surface area contributed by atoms with Gasteiger partial charge in [0.2, 0.25) is 11.8 Å². The predicted octanol–water partition coefficient (Wildman–Crippen LogP) is 2.94. The lowest BCUT2D eigenvalue weighted by Gasteiger charge is -2.13. The van der Waals surface area contributed by atoms with Crippen molar-refractivity contribution in [3.05, 3.63) is 54.6 Å². The fraction of sp³-hybridized carbons (Fsp3) is 0.176. The molecule has 5 nitrogen and oxygen atoms in total. The Morgan fingerprint density at radius 1 is 0.955 bits per heavy atom. The van der Waals surface area contributed by atoms with E-state index in [0.717, 1.165) is 5.75 Å². The van der Waals surface area contributed by atoms with Gasteiger partial charge in [-0.15, -0.1) is 0 Å². The number of carbonyl (C=O) groups is 2. The zero-order valence-electron chi connectivity index (χ0n) is 12.5. The molecule has 2 aromatic rings. The SMILES string of the molecule is CC(=O)N[C@@H](C)C(=O)Nc1ccc(Oc2ccccc2)cc1. The molecule has 0 aliphatic heterocycles. The van der Waals surface area contributed by atoms with Gasteiger partial charge in [0, 0.05) is 12.6 Å². The second-order valence-corrected chi connectivity index (χ2v) is 4.85. The normalized spacial score (nSPS) is 11.4. The van der Waals surface area contributed by atoms with Gasteiger partial charge in [-0.2, -0.15) is 0 Å². The van der Waals surface area contributed by atoms with E-state index in [0.29, 0.717) is 11.4 Å². The number of carbonyl (C=O) groups excluding carboxylic acids is 2. The van der Waals surface area contributed by atoms with Crippen molar-refractivity contribution in [1.29, 1.82) is 0 Å². The Labute approximate surface area is 129 Å². The van der Waals surface area contributed by atoms with Crippen molar-refractivity contribution >= 4 is 17.5 Å². The molecule has 22 heavy (non-hydrogen) atoms. The van der Waals surface area contributed by atoms with Gasteiger partial charge in [0.25, 0.3) is 0 Å². The molecule has 1 atom stereocenters. The van der Waals surface area contributed by atoms with Crippen molar-refractivity contribution in [2.24, 2.45) is 0 Å². The molecule has 2 rings (SSSR count). The van der Waals surface area contributed by atoms with Crippen LogP contribution in [0.3, 0.4) is 0 Å². The van der Waals surface area contributed by atoms with Crippen LogP contribution >= 0.6 is 0 Å². The molecule has 5 heteroatoms. The zero-order chi connectivity index (χ0) is 15.9. The highest BCUT2D eigenvalue weighted by Crippen LogP contribution is 2.22. The number of rotatable bonds is 5. The van der Waals surface area contributed by atoms with Crippen LogP contribution in [0.15, 0.2) is 54.6 Å². The van der Waals surface area contributed by atoms with E-state index in [2.05, 4.69) is 10.6 Å². The van der Waals surface area contributed by atoms with Crippen LogP contribution in [-0.2, 0) is 9.59 Å². The van der Waals surface area contributed by atoms with Crippen LogP contribution in [0.4, 0.5) is 5.69 Å². The van der Waals surface area contributed by atoms with E-state index in [1.807, 2.05) is 30.3 Å². The van der Waals surface area contributed by atoms with Gasteiger partial charge in [-0.05, 0) is 43.3 Å². The average molecular weight is 298 g/mol. The molecule has 2 N–H and O–H groups in total. The van der Waals surface area contributed by atoms with Crippen LogP contribution in [0.5, 0.6) is 11.5 Å². The van der Waals surface area contributed by atoms with E-state index < -0.39 is 6.04 Å². The van der Waals surface area contributed by atoms with Crippen LogP contribution in [0.1, 0.15) is 13.8 Å². The maximum Gasteiger partial charge on any atom is 0.246 e. The number of nitrogens with one attached hydrogen (secondary N) is 2. The monoisotopic (exact) mass is 298 g/mol. The molecule has 0 heterocycles. The van der Waals surface area contributed by atoms with Crippen molar-refractivity contribution in [3.63, 3.8) is 0 Å². The van der Waals surface area contributed by atoms with E-state index in [9.17, 15) is 9.59 Å². The minimum atomic E-state index is -0.585. The van der Waals surface area contributed by atoms with Gasteiger partial charge in [-0.3, -0.25) is 9.59 Å². The van der Waals surface area contributed by atoms with Crippen LogP contribution in [0.2, 0.25) is 0 Å². The van der Waals surface area contributed by atoms with Crippen LogP contribution < -0.4 is 15.4 Å². The van der Waals surface area contributed by atoms with E-state index in [1.165, 1.54) is 6.92 Å². The summed E-state index contributed by atoms with van der Waals surface area (Å²) in [6.07, 6.45) is 0. The van der Waals surface area contributed by atoms with E-state index >= 15 is 0 Å². The molecular formula is C17H18N2O3. The molecule has 0 saturated heterocycles. The second kappa shape index (κ2) is 7.26. The van der Waals surface area contributed by atoms with E-state index in [-0.39, 0.29) is 11.8 Å². The van der Waals surface area contributed by atoms with Gasteiger partial charge in [-0.25, -0.2) is 0 Å². The summed E-state index contributed by atoms with van der Waals surface area (Å²) in [5.41, 5.74) is 0.641. The van der Waals surface area contributed by atoms with Crippen molar-refractivity contribution in [2.75, 3.05) is 5.32 Å². The highest BCUT2D eigenvalue weighted by molar-refractivity contribution is 5.96. The number of amides is 2. The Balaban J connectivity index is 1.94. The molecule has 0 aromatic heterocycles. The first-order valence-corrected chi connectivity index (χ1v) is 6.95. The fourth-order valence-electron chi connectivity index (χ4n) is 1.85. The van der Waals surface area contributed by atoms with E-state index in [4.69, 9.17) is 4.74 Å². The van der Waals surface area contributed by atoms with Crippen molar-refractivity contribution < 1.29 is 14.3 Å². The van der Waals surface area contributed by atoms with Gasteiger partial charge < -0.3 is 15.4 Å². The Morgan fingerprint density at radius 3 is 2.14 bits per heavy atom. The number of benzene rings is 2. The molecule has 0 aliphatic rings. The second-order valence-electron chi connectivity index (χ2n) is 4.85. The molecule has 2 aromatic carbocycles. The molecule has 0 aliphatic carbocycles. The number of hydrogen-bond donors (Lipinski definition) is 2. The first kappa shape index (κ1) is 15.6. The standard InChI is InChI=1S/C17H18N2O3/c1-12(18-13(2)20)17(21)19-14-8-10-16(11-9-14)22-15-6-4-3-5-7-15/h3-12H,1-2H3,(H,18,20)(H,19,21)/t12-/m0/s1. The van der Waals surface area contributed by atoms with Gasteiger partial charge in [-0.1, -0.05) is 18.2 Å². The Morgan fingerprint density at radius 2 is 1.55 bits per heavy atom. The van der Waals surface area contributed by atoms with Crippen LogP contribution in [0, 0.1) is 0 Å². The first-order chi connectivity index (χ1) is 10.5. The predicted molar refractivity (Wildman–Crippen MR) is 84.9 cm³/mol. The lowest BCUT2D eigenvalue weighted by Crippen LogP contribution is -2.40. The number of anilines is 1. The molecule has 0 fully saturated rings. The van der Waals surface area contributed by atoms with Crippen LogP contribution in [0.25, 0.3) is 0 Å². The van der Waals surface area contributed by atoms with Gasteiger partial charge in [0.05, 0.1) is 0 Å². The number of ether oxygens (including phenoxy) is 1. The quantitative estimate of drug-likeness (QED) is 0.892. The third-order valence-electron chi connectivity index (χ3n) is 2.91. The Bertz CT molecular complexity index is 639. The van der Waals surface area contributed by atoms with Crippen molar-refractivity contribution in [1.82, 2.24) is 5.32 Å². The average Bonchev–Trinajstić information content (AvgIpc) is 2.49. The number of para-hydroxylation sites is 1. The lowest BCUT2D eigenvalue weighted by atomic mass is 10.2. The molecule has 0 bridgehead atoms. The van der Waals surface area contributed by atoms with Crippen LogP contribution in [-0.4, -0.2) is 17.9 Å². The largest absolute Gasteiger partial charge is 0.457 e. The summed E-state index contributed by atoms with van der Waals surface area (Å²) in [6.45, 7) is 3.00. The Kier molecular flexibility index (Phi) is 5.14. The van der Waals surface area contributed by atoms with Gasteiger partial charge in [0.15, 0.2) is 0 Å². The summed E-state index contributed by atoms with van der Waals surface area (Å²) in [4.78, 5) is 22.8. The molecule has 2 amide bonds. The molecule has 0 saturated carbocycles. The fourth-order valence-corrected chi connectivity index (χ4v) is 1.85. The van der Waals surface area contributed by atoms with Crippen molar-refractivity contribution in [2.45, 2.75) is 19.9 Å². The summed E-state index contributed by atoms with van der Waals surface area (Å²) < 4.78 is 5.67. The smallest absolute Gasteiger partial charge is 0.246 e. The lowest BCUT2D eigenvalue weighted by molar-refractivity contribution is -0.124. The third-order valence-corrected chi connectivity index (χ3v) is 2.91. The summed E-state index contributed by atoms with van der Waals surface area (Å²) in [6, 6.07) is 15.9. The maximum absolute atomic E-state index is 11.9. The molecular weight excluding hydrogens is 280 g/mol. The molecule has 0 radical (unpaired) electrons. The number of hydrogen-bond acceptors (Lipinski definition) is 3. The minimum absolute atomic E-state index is 0.241. The van der Waals surface area contributed by atoms with Crippen molar-refractivity contribution in [3.8, 4) is 11.5 Å². The highest BCUT2D eigenvalue weighted by Gasteiger charge is 2.13. The minimum Gasteiger partial charge on any atom is -0.457 e. The Hall–Kier alpha value is -2.82. The summed E-state index contributed by atoms with van der Waals surface area (Å²) >= 11 is 0. The summed E-state index contributed by atoms with van der Waals surface area (Å²) in [7, 11) is 0. The van der Waals surface area contributed by atoms with Gasteiger partial charge >= 0.3 is 0 Å². The molecule has 114 valence electrons. The third kappa shape index (κ3) is 4.63. The summed E-state index contributed by atoms with van der Waals surface area (Å²) in [5.74, 6) is 0.916. The molecule has 0 unspecified atom stereocenters. The maximum atomic E-state index is 11.9. The summed E-state index contributed by atoms with van der Waals surface area (Å²) in [5, 5.41) is 5.26. The first-order valence-electron chi connectivity index (χ1n) is 6.95.